The summed E-state index contributed by atoms with van der Waals surface area (Å²) in [5, 5.41) is 4.00. The number of aromatic nitrogens is 2. The molecule has 3 aromatic carbocycles. The number of nitrogens with one attached hydrogen (secondary N) is 1. The van der Waals surface area contributed by atoms with Gasteiger partial charge in [-0.2, -0.15) is 13.2 Å². The maximum Gasteiger partial charge on any atom is 0.416 e. The van der Waals surface area contributed by atoms with Gasteiger partial charge in [-0.3, -0.25) is 0 Å². The van der Waals surface area contributed by atoms with Crippen LogP contribution in [0.1, 0.15) is 12.0 Å². The minimum atomic E-state index is -4.33. The van der Waals surface area contributed by atoms with Gasteiger partial charge in [0.25, 0.3) is 0 Å². The minimum Gasteiger partial charge on any atom is -0.370 e. The van der Waals surface area contributed by atoms with Crippen LogP contribution in [0, 0.1) is 5.82 Å². The summed E-state index contributed by atoms with van der Waals surface area (Å²) in [5.41, 5.74) is 2.62. The molecule has 35 heavy (non-hydrogen) atoms. The molecule has 0 bridgehead atoms. The molecule has 1 aliphatic rings. The van der Waals surface area contributed by atoms with Gasteiger partial charge in [0.1, 0.15) is 18.0 Å². The van der Waals surface area contributed by atoms with Crippen molar-refractivity contribution in [2.24, 2.45) is 0 Å². The van der Waals surface area contributed by atoms with Gasteiger partial charge in [0.05, 0.1) is 11.1 Å². The lowest BCUT2D eigenvalue weighted by atomic mass is 10.2. The molecule has 0 amide bonds. The maximum atomic E-state index is 13.5. The molecule has 1 saturated heterocycles. The number of benzene rings is 3. The van der Waals surface area contributed by atoms with Gasteiger partial charge in [-0.15, -0.1) is 0 Å². The molecule has 5 nitrogen and oxygen atoms in total. The summed E-state index contributed by atoms with van der Waals surface area (Å²) in [7, 11) is 0. The smallest absolute Gasteiger partial charge is 0.370 e. The summed E-state index contributed by atoms with van der Waals surface area (Å²) in [4.78, 5) is 12.8. The third kappa shape index (κ3) is 5.13. The largest absolute Gasteiger partial charge is 0.416 e. The predicted octanol–water partition coefficient (Wildman–Crippen LogP) is 6.25. The SMILES string of the molecule is Fc1ccc2c(Nc3ccc(N4CCCN(c5ccc(C(F)(F)F)cc5)CC4)cc3)ncnc2c1. The van der Waals surface area contributed by atoms with E-state index in [-0.39, 0.29) is 5.82 Å². The Labute approximate surface area is 200 Å². The molecule has 5 rings (SSSR count). The molecule has 180 valence electrons. The van der Waals surface area contributed by atoms with E-state index in [0.717, 1.165) is 67.2 Å². The Bertz CT molecular complexity index is 1310. The second-order valence-electron chi connectivity index (χ2n) is 8.43. The second kappa shape index (κ2) is 9.40. The van der Waals surface area contributed by atoms with Gasteiger partial charge in [-0.25, -0.2) is 14.4 Å². The number of fused-ring (bicyclic) bond motifs is 1. The molecule has 1 N–H and O–H groups in total. The molecule has 0 unspecified atom stereocenters. The Morgan fingerprint density at radius 1 is 0.743 bits per heavy atom. The van der Waals surface area contributed by atoms with Crippen LogP contribution < -0.4 is 15.1 Å². The van der Waals surface area contributed by atoms with E-state index >= 15 is 0 Å². The van der Waals surface area contributed by atoms with Crippen molar-refractivity contribution in [2.75, 3.05) is 41.3 Å². The molecule has 0 radical (unpaired) electrons. The molecule has 0 spiro atoms. The maximum absolute atomic E-state index is 13.5. The highest BCUT2D eigenvalue weighted by Gasteiger charge is 2.30. The van der Waals surface area contributed by atoms with Gasteiger partial charge in [0, 0.05) is 54.7 Å². The number of rotatable bonds is 4. The summed E-state index contributed by atoms with van der Waals surface area (Å²) >= 11 is 0. The Hall–Kier alpha value is -3.88. The normalized spacial score (nSPS) is 14.7. The number of hydrogen-bond acceptors (Lipinski definition) is 5. The molecule has 2 heterocycles. The van der Waals surface area contributed by atoms with E-state index in [4.69, 9.17) is 0 Å². The first-order valence-corrected chi connectivity index (χ1v) is 11.3. The summed E-state index contributed by atoms with van der Waals surface area (Å²) in [5.74, 6) is 0.255. The van der Waals surface area contributed by atoms with Crippen LogP contribution in [0.15, 0.2) is 73.1 Å². The average molecular weight is 481 g/mol. The summed E-state index contributed by atoms with van der Waals surface area (Å²) in [6, 6.07) is 17.8. The molecule has 9 heteroatoms. The monoisotopic (exact) mass is 481 g/mol. The Morgan fingerprint density at radius 3 is 2.00 bits per heavy atom. The van der Waals surface area contributed by atoms with Crippen molar-refractivity contribution in [3.05, 3.63) is 84.4 Å². The zero-order chi connectivity index (χ0) is 24.4. The standard InChI is InChI=1S/C26H23F4N5/c27-19-4-11-23-24(16-19)31-17-32-25(23)33-20-5-9-22(10-6-20)35-13-1-12-34(14-15-35)21-7-2-18(3-8-21)26(28,29)30/h2-11,16-17H,1,12-15H2,(H,31,32,33). The number of nitrogens with zero attached hydrogens (tertiary/aromatic N) is 4. The Balaban J connectivity index is 1.25. The number of halogens is 4. The molecule has 4 aromatic rings. The number of alkyl halides is 3. The first-order valence-electron chi connectivity index (χ1n) is 11.3. The lowest BCUT2D eigenvalue weighted by Gasteiger charge is -2.25. The van der Waals surface area contributed by atoms with E-state index in [0.29, 0.717) is 11.3 Å². The van der Waals surface area contributed by atoms with Gasteiger partial charge in [0.15, 0.2) is 0 Å². The van der Waals surface area contributed by atoms with Crippen molar-refractivity contribution in [1.29, 1.82) is 0 Å². The van der Waals surface area contributed by atoms with Crippen molar-refractivity contribution < 1.29 is 17.6 Å². The van der Waals surface area contributed by atoms with Gasteiger partial charge in [-0.1, -0.05) is 0 Å². The fraction of sp³-hybridized carbons (Fsp3) is 0.231. The molecule has 1 aliphatic heterocycles. The molecule has 0 atom stereocenters. The van der Waals surface area contributed by atoms with Crippen LogP contribution in [-0.4, -0.2) is 36.1 Å². The van der Waals surface area contributed by atoms with Gasteiger partial charge < -0.3 is 15.1 Å². The summed E-state index contributed by atoms with van der Waals surface area (Å²) < 4.78 is 52.1. The van der Waals surface area contributed by atoms with E-state index in [1.807, 2.05) is 24.3 Å². The number of anilines is 4. The summed E-state index contributed by atoms with van der Waals surface area (Å²) in [6.07, 6.45) is -2.03. The molecule has 1 fully saturated rings. The highest BCUT2D eigenvalue weighted by atomic mass is 19.4. The van der Waals surface area contributed by atoms with E-state index in [1.54, 1.807) is 18.2 Å². The number of hydrogen-bond donors (Lipinski definition) is 1. The van der Waals surface area contributed by atoms with Gasteiger partial charge in [0.2, 0.25) is 0 Å². The third-order valence-electron chi connectivity index (χ3n) is 6.15. The minimum absolute atomic E-state index is 0.346. The van der Waals surface area contributed by atoms with Crippen LogP contribution in [-0.2, 0) is 6.18 Å². The molecule has 0 saturated carbocycles. The predicted molar refractivity (Wildman–Crippen MR) is 130 cm³/mol. The van der Waals surface area contributed by atoms with Crippen LogP contribution in [0.2, 0.25) is 0 Å². The first kappa shape index (κ1) is 22.9. The fourth-order valence-electron chi connectivity index (χ4n) is 4.32. The van der Waals surface area contributed by atoms with Crippen LogP contribution >= 0.6 is 0 Å². The molecule has 0 aliphatic carbocycles. The first-order chi connectivity index (χ1) is 16.9. The lowest BCUT2D eigenvalue weighted by molar-refractivity contribution is -0.137. The lowest BCUT2D eigenvalue weighted by Crippen LogP contribution is -2.30. The van der Waals surface area contributed by atoms with E-state index in [2.05, 4.69) is 25.1 Å². The van der Waals surface area contributed by atoms with Crippen molar-refractivity contribution in [3.63, 3.8) is 0 Å². The van der Waals surface area contributed by atoms with Crippen LogP contribution in [0.3, 0.4) is 0 Å². The average Bonchev–Trinajstić information content (AvgIpc) is 3.10. The van der Waals surface area contributed by atoms with Gasteiger partial charge in [-0.05, 0) is 67.1 Å². The van der Waals surface area contributed by atoms with Crippen molar-refractivity contribution in [2.45, 2.75) is 12.6 Å². The second-order valence-corrected chi connectivity index (χ2v) is 8.43. The van der Waals surface area contributed by atoms with Gasteiger partial charge >= 0.3 is 6.18 Å². The highest BCUT2D eigenvalue weighted by Crippen LogP contribution is 2.31. The van der Waals surface area contributed by atoms with E-state index in [1.165, 1.54) is 18.5 Å². The van der Waals surface area contributed by atoms with Crippen molar-refractivity contribution in [1.82, 2.24) is 9.97 Å². The molecular formula is C26H23F4N5. The van der Waals surface area contributed by atoms with Crippen LogP contribution in [0.25, 0.3) is 10.9 Å². The highest BCUT2D eigenvalue weighted by molar-refractivity contribution is 5.90. The van der Waals surface area contributed by atoms with E-state index < -0.39 is 11.7 Å². The fourth-order valence-corrected chi connectivity index (χ4v) is 4.32. The summed E-state index contributed by atoms with van der Waals surface area (Å²) in [6.45, 7) is 3.11. The Kier molecular flexibility index (Phi) is 6.15. The molecule has 1 aromatic heterocycles. The quantitative estimate of drug-likeness (QED) is 0.349. The zero-order valence-corrected chi connectivity index (χ0v) is 18.8. The van der Waals surface area contributed by atoms with E-state index in [9.17, 15) is 17.6 Å². The van der Waals surface area contributed by atoms with Crippen LogP contribution in [0.5, 0.6) is 0 Å². The van der Waals surface area contributed by atoms with Crippen molar-refractivity contribution in [3.8, 4) is 0 Å². The molecular weight excluding hydrogens is 458 g/mol. The topological polar surface area (TPSA) is 44.3 Å². The van der Waals surface area contributed by atoms with Crippen molar-refractivity contribution >= 4 is 33.8 Å². The Morgan fingerprint density at radius 2 is 1.37 bits per heavy atom. The zero-order valence-electron chi connectivity index (χ0n) is 18.8. The third-order valence-corrected chi connectivity index (χ3v) is 6.15. The van der Waals surface area contributed by atoms with Crippen LogP contribution in [0.4, 0.5) is 40.4 Å².